The van der Waals surface area contributed by atoms with Gasteiger partial charge in [0.2, 0.25) is 0 Å². The Hall–Kier alpha value is -1.77. The number of rotatable bonds is 3. The number of fused-ring (bicyclic) bond motifs is 1. The van der Waals surface area contributed by atoms with Gasteiger partial charge in [-0.1, -0.05) is 0 Å². The van der Waals surface area contributed by atoms with Crippen LogP contribution >= 0.6 is 0 Å². The van der Waals surface area contributed by atoms with Crippen molar-refractivity contribution in [2.75, 3.05) is 13.6 Å². The maximum Gasteiger partial charge on any atom is 0.253 e. The largest absolute Gasteiger partial charge is 0.358 e. The summed E-state index contributed by atoms with van der Waals surface area (Å²) in [5.41, 5.74) is 4.30. The molecule has 1 aromatic carbocycles. The lowest BCUT2D eigenvalue weighted by Gasteiger charge is -2.16. The van der Waals surface area contributed by atoms with E-state index in [9.17, 15) is 4.79 Å². The Morgan fingerprint density at radius 2 is 2.11 bits per heavy atom. The van der Waals surface area contributed by atoms with Gasteiger partial charge in [0.25, 0.3) is 5.91 Å². The van der Waals surface area contributed by atoms with Gasteiger partial charge < -0.3 is 9.88 Å². The monoisotopic (exact) mass is 256 g/mol. The molecule has 100 valence electrons. The van der Waals surface area contributed by atoms with Gasteiger partial charge in [-0.15, -0.1) is 0 Å². The fourth-order valence-electron chi connectivity index (χ4n) is 2.59. The number of aromatic nitrogens is 1. The Labute approximate surface area is 113 Å². The SMILES string of the molecule is Cc1[nH]c2ccc(C(=O)N(C)CC3CC3)cc2c1C. The first-order valence-corrected chi connectivity index (χ1v) is 6.90. The standard InChI is InChI=1S/C16H20N2O/c1-10-11(2)17-15-7-6-13(8-14(10)15)16(19)18(3)9-12-4-5-12/h6-8,12,17H,4-5,9H2,1-3H3. The lowest BCUT2D eigenvalue weighted by Crippen LogP contribution is -2.28. The number of aryl methyl sites for hydroxylation is 2. The molecule has 3 heteroatoms. The second kappa shape index (κ2) is 4.41. The number of hydrogen-bond donors (Lipinski definition) is 1. The van der Waals surface area contributed by atoms with Crippen LogP contribution in [0.15, 0.2) is 18.2 Å². The van der Waals surface area contributed by atoms with E-state index in [0.717, 1.165) is 28.9 Å². The lowest BCUT2D eigenvalue weighted by atomic mass is 10.1. The zero-order valence-corrected chi connectivity index (χ0v) is 11.8. The summed E-state index contributed by atoms with van der Waals surface area (Å²) < 4.78 is 0. The highest BCUT2D eigenvalue weighted by molar-refractivity contribution is 5.98. The van der Waals surface area contributed by atoms with Crippen molar-refractivity contribution >= 4 is 16.8 Å². The number of hydrogen-bond acceptors (Lipinski definition) is 1. The van der Waals surface area contributed by atoms with E-state index in [1.807, 2.05) is 30.1 Å². The van der Waals surface area contributed by atoms with E-state index in [2.05, 4.69) is 18.8 Å². The van der Waals surface area contributed by atoms with Gasteiger partial charge in [0.05, 0.1) is 0 Å². The minimum absolute atomic E-state index is 0.132. The molecule has 1 fully saturated rings. The van der Waals surface area contributed by atoms with Crippen LogP contribution in [0.5, 0.6) is 0 Å². The first kappa shape index (κ1) is 12.3. The van der Waals surface area contributed by atoms with E-state index in [4.69, 9.17) is 0 Å². The molecule has 0 atom stereocenters. The minimum Gasteiger partial charge on any atom is -0.358 e. The molecule has 3 rings (SSSR count). The molecule has 0 saturated heterocycles. The summed E-state index contributed by atoms with van der Waals surface area (Å²) in [6.45, 7) is 5.05. The molecule has 0 aliphatic heterocycles. The highest BCUT2D eigenvalue weighted by atomic mass is 16.2. The predicted octanol–water partition coefficient (Wildman–Crippen LogP) is 3.27. The normalized spacial score (nSPS) is 14.9. The average Bonchev–Trinajstić information content (AvgIpc) is 3.16. The molecule has 1 saturated carbocycles. The number of H-pyrrole nitrogens is 1. The quantitative estimate of drug-likeness (QED) is 0.899. The topological polar surface area (TPSA) is 36.1 Å². The number of aromatic amines is 1. The highest BCUT2D eigenvalue weighted by Gasteiger charge is 2.25. The number of nitrogens with zero attached hydrogens (tertiary/aromatic N) is 1. The molecule has 0 unspecified atom stereocenters. The van der Waals surface area contributed by atoms with Crippen LogP contribution in [0, 0.1) is 19.8 Å². The van der Waals surface area contributed by atoms with E-state index >= 15 is 0 Å². The van der Waals surface area contributed by atoms with Gasteiger partial charge in [0.1, 0.15) is 0 Å². The fraction of sp³-hybridized carbons (Fsp3) is 0.438. The molecule has 3 nitrogen and oxygen atoms in total. The van der Waals surface area contributed by atoms with Crippen LogP contribution in [-0.4, -0.2) is 29.4 Å². The maximum atomic E-state index is 12.4. The van der Waals surface area contributed by atoms with Crippen LogP contribution in [0.25, 0.3) is 10.9 Å². The van der Waals surface area contributed by atoms with E-state index in [0.29, 0.717) is 0 Å². The van der Waals surface area contributed by atoms with Crippen LogP contribution in [0.4, 0.5) is 0 Å². The smallest absolute Gasteiger partial charge is 0.253 e. The van der Waals surface area contributed by atoms with Gasteiger partial charge in [-0.3, -0.25) is 4.79 Å². The summed E-state index contributed by atoms with van der Waals surface area (Å²) >= 11 is 0. The van der Waals surface area contributed by atoms with Gasteiger partial charge in [-0.05, 0) is 56.4 Å². The summed E-state index contributed by atoms with van der Waals surface area (Å²) in [6.07, 6.45) is 2.54. The first-order chi connectivity index (χ1) is 9.06. The third-order valence-electron chi connectivity index (χ3n) is 4.13. The third-order valence-corrected chi connectivity index (χ3v) is 4.13. The van der Waals surface area contributed by atoms with E-state index < -0.39 is 0 Å². The molecule has 2 aromatic rings. The average molecular weight is 256 g/mol. The molecule has 0 radical (unpaired) electrons. The molecule has 1 N–H and O–H groups in total. The van der Waals surface area contributed by atoms with Gasteiger partial charge in [-0.2, -0.15) is 0 Å². The van der Waals surface area contributed by atoms with Crippen molar-refractivity contribution in [2.24, 2.45) is 5.92 Å². The van der Waals surface area contributed by atoms with Crippen LogP contribution < -0.4 is 0 Å². The summed E-state index contributed by atoms with van der Waals surface area (Å²) in [4.78, 5) is 17.6. The molecule has 1 aliphatic carbocycles. The van der Waals surface area contributed by atoms with Crippen molar-refractivity contribution in [3.8, 4) is 0 Å². The Kier molecular flexibility index (Phi) is 2.85. The van der Waals surface area contributed by atoms with Crippen LogP contribution in [0.3, 0.4) is 0 Å². The van der Waals surface area contributed by atoms with Crippen molar-refractivity contribution in [1.82, 2.24) is 9.88 Å². The predicted molar refractivity (Wildman–Crippen MR) is 77.5 cm³/mol. The summed E-state index contributed by atoms with van der Waals surface area (Å²) in [5.74, 6) is 0.862. The van der Waals surface area contributed by atoms with Crippen molar-refractivity contribution < 1.29 is 4.79 Å². The molecular weight excluding hydrogens is 236 g/mol. The number of benzene rings is 1. The fourth-order valence-corrected chi connectivity index (χ4v) is 2.59. The van der Waals surface area contributed by atoms with Crippen molar-refractivity contribution in [1.29, 1.82) is 0 Å². The van der Waals surface area contributed by atoms with E-state index in [1.54, 1.807) is 0 Å². The molecule has 1 heterocycles. The summed E-state index contributed by atoms with van der Waals surface area (Å²) in [6, 6.07) is 5.94. The van der Waals surface area contributed by atoms with Gasteiger partial charge in [0.15, 0.2) is 0 Å². The van der Waals surface area contributed by atoms with Gasteiger partial charge in [0, 0.05) is 35.8 Å². The van der Waals surface area contributed by atoms with Crippen molar-refractivity contribution in [3.05, 3.63) is 35.0 Å². The molecular formula is C16H20N2O. The summed E-state index contributed by atoms with van der Waals surface area (Å²) in [5, 5.41) is 1.16. The number of nitrogens with one attached hydrogen (secondary N) is 1. The zero-order chi connectivity index (χ0) is 13.6. The molecule has 1 aliphatic rings. The molecule has 0 spiro atoms. The number of carbonyl (C=O) groups excluding carboxylic acids is 1. The Morgan fingerprint density at radius 3 is 2.79 bits per heavy atom. The zero-order valence-electron chi connectivity index (χ0n) is 11.8. The molecule has 19 heavy (non-hydrogen) atoms. The Bertz CT molecular complexity index is 637. The molecule has 1 aromatic heterocycles. The highest BCUT2D eigenvalue weighted by Crippen LogP contribution is 2.30. The lowest BCUT2D eigenvalue weighted by molar-refractivity contribution is 0.0789. The van der Waals surface area contributed by atoms with Crippen LogP contribution in [0.1, 0.15) is 34.5 Å². The van der Waals surface area contributed by atoms with Gasteiger partial charge in [-0.25, -0.2) is 0 Å². The number of carbonyl (C=O) groups is 1. The van der Waals surface area contributed by atoms with E-state index in [1.165, 1.54) is 24.1 Å². The Morgan fingerprint density at radius 1 is 1.37 bits per heavy atom. The summed E-state index contributed by atoms with van der Waals surface area (Å²) in [7, 11) is 1.90. The number of amides is 1. The maximum absolute atomic E-state index is 12.4. The van der Waals surface area contributed by atoms with Gasteiger partial charge >= 0.3 is 0 Å². The van der Waals surface area contributed by atoms with Crippen LogP contribution in [0.2, 0.25) is 0 Å². The second-order valence-corrected chi connectivity index (χ2v) is 5.76. The Balaban J connectivity index is 1.91. The van der Waals surface area contributed by atoms with Crippen molar-refractivity contribution in [2.45, 2.75) is 26.7 Å². The minimum atomic E-state index is 0.132. The van der Waals surface area contributed by atoms with Crippen molar-refractivity contribution in [3.63, 3.8) is 0 Å². The van der Waals surface area contributed by atoms with Crippen LogP contribution in [-0.2, 0) is 0 Å². The third kappa shape index (κ3) is 2.25. The molecule has 1 amide bonds. The van der Waals surface area contributed by atoms with E-state index in [-0.39, 0.29) is 5.91 Å². The second-order valence-electron chi connectivity index (χ2n) is 5.76. The molecule has 0 bridgehead atoms. The first-order valence-electron chi connectivity index (χ1n) is 6.90.